The standard InChI is InChI=1S/C19H19Cl2NO2/c20-16-8-5-15(6-9-16)18-13-22(11-12-24-18)19(23)10-7-14-3-1-2-4-17(14)21/h1-6,8-9,18H,7,10-13H2. The van der Waals surface area contributed by atoms with E-state index >= 15 is 0 Å². The van der Waals surface area contributed by atoms with Crippen LogP contribution in [0.15, 0.2) is 48.5 Å². The Morgan fingerprint density at radius 3 is 2.62 bits per heavy atom. The number of carbonyl (C=O) groups excluding carboxylic acids is 1. The Balaban J connectivity index is 1.59. The van der Waals surface area contributed by atoms with Gasteiger partial charge in [-0.25, -0.2) is 0 Å². The van der Waals surface area contributed by atoms with E-state index in [-0.39, 0.29) is 12.0 Å². The van der Waals surface area contributed by atoms with Crippen LogP contribution in [0.1, 0.15) is 23.7 Å². The minimum Gasteiger partial charge on any atom is -0.370 e. The molecule has 0 bridgehead atoms. The summed E-state index contributed by atoms with van der Waals surface area (Å²) in [6.07, 6.45) is 1.01. The van der Waals surface area contributed by atoms with E-state index in [4.69, 9.17) is 27.9 Å². The van der Waals surface area contributed by atoms with Gasteiger partial charge in [0.15, 0.2) is 0 Å². The molecule has 1 heterocycles. The van der Waals surface area contributed by atoms with Crippen molar-refractivity contribution in [2.24, 2.45) is 0 Å². The summed E-state index contributed by atoms with van der Waals surface area (Å²) in [5.74, 6) is 0.136. The molecule has 1 atom stereocenters. The van der Waals surface area contributed by atoms with E-state index in [1.54, 1.807) is 0 Å². The lowest BCUT2D eigenvalue weighted by atomic mass is 10.1. The highest BCUT2D eigenvalue weighted by Gasteiger charge is 2.25. The number of nitrogens with zero attached hydrogens (tertiary/aromatic N) is 1. The fraction of sp³-hybridized carbons (Fsp3) is 0.316. The van der Waals surface area contributed by atoms with Crippen LogP contribution in [-0.4, -0.2) is 30.5 Å². The van der Waals surface area contributed by atoms with Crippen LogP contribution in [-0.2, 0) is 16.0 Å². The summed E-state index contributed by atoms with van der Waals surface area (Å²) in [5, 5.41) is 1.41. The first kappa shape index (κ1) is 17.3. The summed E-state index contributed by atoms with van der Waals surface area (Å²) in [4.78, 5) is 14.4. The zero-order chi connectivity index (χ0) is 16.9. The minimum atomic E-state index is -0.0970. The Labute approximate surface area is 152 Å². The molecule has 0 aliphatic carbocycles. The van der Waals surface area contributed by atoms with E-state index < -0.39 is 0 Å². The van der Waals surface area contributed by atoms with Crippen molar-refractivity contribution in [3.8, 4) is 0 Å². The summed E-state index contributed by atoms with van der Waals surface area (Å²) >= 11 is 12.1. The third-order valence-corrected chi connectivity index (χ3v) is 4.85. The topological polar surface area (TPSA) is 29.5 Å². The zero-order valence-electron chi connectivity index (χ0n) is 13.3. The maximum absolute atomic E-state index is 12.5. The van der Waals surface area contributed by atoms with Gasteiger partial charge in [0.05, 0.1) is 13.2 Å². The number of hydrogen-bond donors (Lipinski definition) is 0. The van der Waals surface area contributed by atoms with Crippen molar-refractivity contribution in [3.05, 3.63) is 69.7 Å². The number of rotatable bonds is 4. The van der Waals surface area contributed by atoms with E-state index in [0.717, 1.165) is 11.1 Å². The first-order valence-electron chi connectivity index (χ1n) is 8.02. The molecular weight excluding hydrogens is 345 g/mol. The number of benzene rings is 2. The average Bonchev–Trinajstić information content (AvgIpc) is 2.61. The fourth-order valence-corrected chi connectivity index (χ4v) is 3.21. The van der Waals surface area contributed by atoms with Crippen molar-refractivity contribution < 1.29 is 9.53 Å². The number of amides is 1. The van der Waals surface area contributed by atoms with Gasteiger partial charge in [0.2, 0.25) is 5.91 Å². The molecule has 0 N–H and O–H groups in total. The first-order valence-corrected chi connectivity index (χ1v) is 8.77. The lowest BCUT2D eigenvalue weighted by Gasteiger charge is -2.33. The molecule has 1 aliphatic heterocycles. The highest BCUT2D eigenvalue weighted by atomic mass is 35.5. The van der Waals surface area contributed by atoms with Crippen molar-refractivity contribution in [3.63, 3.8) is 0 Å². The Morgan fingerprint density at radius 1 is 1.12 bits per heavy atom. The maximum atomic E-state index is 12.5. The summed E-state index contributed by atoms with van der Waals surface area (Å²) in [5.41, 5.74) is 2.05. The number of morpholine rings is 1. The van der Waals surface area contributed by atoms with Crippen molar-refractivity contribution in [1.29, 1.82) is 0 Å². The predicted molar refractivity (Wildman–Crippen MR) is 96.5 cm³/mol. The SMILES string of the molecule is O=C(CCc1ccccc1Cl)N1CCOC(c2ccc(Cl)cc2)C1. The Hall–Kier alpha value is -1.55. The van der Waals surface area contributed by atoms with Crippen LogP contribution in [0.2, 0.25) is 10.0 Å². The lowest BCUT2D eigenvalue weighted by Crippen LogP contribution is -2.42. The van der Waals surface area contributed by atoms with E-state index in [0.29, 0.717) is 42.6 Å². The molecule has 1 amide bonds. The van der Waals surface area contributed by atoms with Gasteiger partial charge in [0.25, 0.3) is 0 Å². The van der Waals surface area contributed by atoms with Gasteiger partial charge in [-0.1, -0.05) is 53.5 Å². The Kier molecular flexibility index (Phi) is 5.77. The molecule has 1 unspecified atom stereocenters. The molecule has 1 saturated heterocycles. The second-order valence-electron chi connectivity index (χ2n) is 5.84. The van der Waals surface area contributed by atoms with E-state index in [2.05, 4.69) is 0 Å². The van der Waals surface area contributed by atoms with Gasteiger partial charge in [-0.2, -0.15) is 0 Å². The molecule has 2 aromatic rings. The molecule has 0 radical (unpaired) electrons. The third kappa shape index (κ3) is 4.29. The maximum Gasteiger partial charge on any atom is 0.223 e. The van der Waals surface area contributed by atoms with Crippen molar-refractivity contribution in [2.75, 3.05) is 19.7 Å². The largest absolute Gasteiger partial charge is 0.370 e. The minimum absolute atomic E-state index is 0.0970. The summed E-state index contributed by atoms with van der Waals surface area (Å²) in [6.45, 7) is 1.75. The van der Waals surface area contributed by atoms with Gasteiger partial charge < -0.3 is 9.64 Å². The van der Waals surface area contributed by atoms with Gasteiger partial charge in [0.1, 0.15) is 6.10 Å². The average molecular weight is 364 g/mol. The van der Waals surface area contributed by atoms with Gasteiger partial charge in [-0.15, -0.1) is 0 Å². The molecule has 1 fully saturated rings. The third-order valence-electron chi connectivity index (χ3n) is 4.23. The predicted octanol–water partition coefficient (Wildman–Crippen LogP) is 4.53. The van der Waals surface area contributed by atoms with Crippen LogP contribution >= 0.6 is 23.2 Å². The van der Waals surface area contributed by atoms with E-state index in [9.17, 15) is 4.79 Å². The molecule has 0 spiro atoms. The van der Waals surface area contributed by atoms with Gasteiger partial charge in [0, 0.05) is 23.0 Å². The van der Waals surface area contributed by atoms with Gasteiger partial charge in [-0.3, -0.25) is 4.79 Å². The number of hydrogen-bond acceptors (Lipinski definition) is 2. The summed E-state index contributed by atoms with van der Waals surface area (Å²) in [6, 6.07) is 15.2. The van der Waals surface area contributed by atoms with Crippen LogP contribution < -0.4 is 0 Å². The van der Waals surface area contributed by atoms with E-state index in [1.165, 1.54) is 0 Å². The second-order valence-corrected chi connectivity index (χ2v) is 6.69. The van der Waals surface area contributed by atoms with Gasteiger partial charge in [-0.05, 0) is 35.7 Å². The molecule has 1 aliphatic rings. The molecule has 126 valence electrons. The fourth-order valence-electron chi connectivity index (χ4n) is 2.86. The number of carbonyl (C=O) groups is 1. The van der Waals surface area contributed by atoms with Crippen LogP contribution in [0.5, 0.6) is 0 Å². The zero-order valence-corrected chi connectivity index (χ0v) is 14.8. The normalized spacial score (nSPS) is 17.8. The highest BCUT2D eigenvalue weighted by molar-refractivity contribution is 6.31. The molecule has 0 aromatic heterocycles. The number of halogens is 2. The number of aryl methyl sites for hydroxylation is 1. The smallest absolute Gasteiger partial charge is 0.223 e. The number of ether oxygens (including phenoxy) is 1. The first-order chi connectivity index (χ1) is 11.6. The molecule has 0 saturated carbocycles. The van der Waals surface area contributed by atoms with Crippen LogP contribution in [0.3, 0.4) is 0 Å². The van der Waals surface area contributed by atoms with Crippen LogP contribution in [0.25, 0.3) is 0 Å². The van der Waals surface area contributed by atoms with Crippen molar-refractivity contribution in [2.45, 2.75) is 18.9 Å². The molecule has 3 rings (SSSR count). The summed E-state index contributed by atoms with van der Waals surface area (Å²) < 4.78 is 5.81. The lowest BCUT2D eigenvalue weighted by molar-refractivity contribution is -0.139. The Morgan fingerprint density at radius 2 is 1.88 bits per heavy atom. The van der Waals surface area contributed by atoms with Gasteiger partial charge >= 0.3 is 0 Å². The van der Waals surface area contributed by atoms with Crippen molar-refractivity contribution in [1.82, 2.24) is 4.90 Å². The Bertz CT molecular complexity index is 703. The highest BCUT2D eigenvalue weighted by Crippen LogP contribution is 2.24. The molecule has 5 heteroatoms. The van der Waals surface area contributed by atoms with Crippen LogP contribution in [0.4, 0.5) is 0 Å². The summed E-state index contributed by atoms with van der Waals surface area (Å²) in [7, 11) is 0. The molecule has 24 heavy (non-hydrogen) atoms. The second kappa shape index (κ2) is 8.02. The molecule has 2 aromatic carbocycles. The van der Waals surface area contributed by atoms with Crippen molar-refractivity contribution >= 4 is 29.1 Å². The van der Waals surface area contributed by atoms with E-state index in [1.807, 2.05) is 53.4 Å². The quantitative estimate of drug-likeness (QED) is 0.798. The molecule has 3 nitrogen and oxygen atoms in total. The molecular formula is C19H19Cl2NO2. The van der Waals surface area contributed by atoms with Crippen LogP contribution in [0, 0.1) is 0 Å². The monoisotopic (exact) mass is 363 g/mol.